The number of aryl methyl sites for hydroxylation is 2. The van der Waals surface area contributed by atoms with Gasteiger partial charge >= 0.3 is 0 Å². The van der Waals surface area contributed by atoms with E-state index in [1.54, 1.807) is 0 Å². The number of hydrogen-bond donors (Lipinski definition) is 1. The summed E-state index contributed by atoms with van der Waals surface area (Å²) in [5.74, 6) is 0.984. The lowest BCUT2D eigenvalue weighted by molar-refractivity contribution is 0.254. The molecule has 138 valence electrons. The highest BCUT2D eigenvalue weighted by Gasteiger charge is 2.19. The molecule has 0 radical (unpaired) electrons. The van der Waals surface area contributed by atoms with Crippen LogP contribution in [0.1, 0.15) is 25.1 Å². The number of aromatic nitrogens is 3. The van der Waals surface area contributed by atoms with Crippen LogP contribution in [0, 0.1) is 19.3 Å². The summed E-state index contributed by atoms with van der Waals surface area (Å²) in [5, 5.41) is 8.39. The largest absolute Gasteiger partial charge is 0.369 e. The van der Waals surface area contributed by atoms with Gasteiger partial charge in [0, 0.05) is 36.5 Å². The van der Waals surface area contributed by atoms with E-state index in [-0.39, 0.29) is 5.41 Å². The number of fused-ring (bicyclic) bond motifs is 1. The molecule has 3 rings (SSSR count). The molecule has 0 bridgehead atoms. The van der Waals surface area contributed by atoms with Crippen LogP contribution in [-0.4, -0.2) is 46.7 Å². The summed E-state index contributed by atoms with van der Waals surface area (Å²) >= 11 is 0. The Morgan fingerprint density at radius 1 is 1.12 bits per heavy atom. The van der Waals surface area contributed by atoms with Crippen LogP contribution < -0.4 is 5.32 Å². The zero-order chi connectivity index (χ0) is 18.9. The normalized spacial score (nSPS) is 12.1. The molecule has 0 spiro atoms. The molecule has 0 fully saturated rings. The number of anilines is 1. The average Bonchev–Trinajstić information content (AvgIpc) is 2.95. The number of hydrogen-bond acceptors (Lipinski definition) is 4. The molecular weight excluding hydrogens is 322 g/mol. The highest BCUT2D eigenvalue weighted by molar-refractivity contribution is 5.66. The third kappa shape index (κ3) is 4.22. The first-order valence-electron chi connectivity index (χ1n) is 9.07. The zero-order valence-electron chi connectivity index (χ0n) is 16.7. The Kier molecular flexibility index (Phi) is 5.01. The van der Waals surface area contributed by atoms with Crippen molar-refractivity contribution in [2.75, 3.05) is 32.5 Å². The number of rotatable bonds is 6. The van der Waals surface area contributed by atoms with Crippen molar-refractivity contribution in [1.29, 1.82) is 0 Å². The predicted molar refractivity (Wildman–Crippen MR) is 109 cm³/mol. The molecule has 0 aliphatic carbocycles. The first-order chi connectivity index (χ1) is 12.2. The molecule has 0 saturated heterocycles. The van der Waals surface area contributed by atoms with Crippen molar-refractivity contribution >= 4 is 11.5 Å². The van der Waals surface area contributed by atoms with E-state index < -0.39 is 0 Å². The zero-order valence-corrected chi connectivity index (χ0v) is 16.7. The van der Waals surface area contributed by atoms with Gasteiger partial charge in [-0.05, 0) is 39.4 Å². The molecule has 3 aromatic rings. The Morgan fingerprint density at radius 3 is 2.58 bits per heavy atom. The van der Waals surface area contributed by atoms with Crippen molar-refractivity contribution in [3.8, 4) is 11.3 Å². The van der Waals surface area contributed by atoms with Gasteiger partial charge in [0.05, 0.1) is 5.69 Å². The van der Waals surface area contributed by atoms with Crippen molar-refractivity contribution in [3.63, 3.8) is 0 Å². The molecule has 5 nitrogen and oxygen atoms in total. The summed E-state index contributed by atoms with van der Waals surface area (Å²) in [7, 11) is 4.22. The molecule has 0 saturated carbocycles. The molecule has 0 aliphatic rings. The van der Waals surface area contributed by atoms with E-state index in [2.05, 4.69) is 86.5 Å². The van der Waals surface area contributed by atoms with E-state index in [1.807, 2.05) is 11.4 Å². The summed E-state index contributed by atoms with van der Waals surface area (Å²) in [6.07, 6.45) is 0. The molecular formula is C21H29N5. The molecule has 2 aromatic heterocycles. The van der Waals surface area contributed by atoms with Gasteiger partial charge in [-0.1, -0.05) is 37.6 Å². The lowest BCUT2D eigenvalue weighted by Gasteiger charge is -2.29. The van der Waals surface area contributed by atoms with Gasteiger partial charge in [0.15, 0.2) is 5.65 Å². The summed E-state index contributed by atoms with van der Waals surface area (Å²) in [6.45, 7) is 10.5. The lowest BCUT2D eigenvalue weighted by atomic mass is 9.93. The molecule has 1 aromatic carbocycles. The van der Waals surface area contributed by atoms with Gasteiger partial charge in [-0.25, -0.2) is 4.98 Å². The van der Waals surface area contributed by atoms with Gasteiger partial charge in [0.1, 0.15) is 5.82 Å². The minimum Gasteiger partial charge on any atom is -0.369 e. The van der Waals surface area contributed by atoms with Gasteiger partial charge < -0.3 is 10.2 Å². The third-order valence-electron chi connectivity index (χ3n) is 4.36. The molecule has 2 heterocycles. The Hall–Kier alpha value is -2.40. The lowest BCUT2D eigenvalue weighted by Crippen LogP contribution is -2.34. The molecule has 1 N–H and O–H groups in total. The van der Waals surface area contributed by atoms with Crippen LogP contribution in [0.15, 0.2) is 36.4 Å². The summed E-state index contributed by atoms with van der Waals surface area (Å²) in [5.41, 5.74) is 5.30. The molecule has 26 heavy (non-hydrogen) atoms. The van der Waals surface area contributed by atoms with Crippen molar-refractivity contribution in [2.24, 2.45) is 5.41 Å². The third-order valence-corrected chi connectivity index (χ3v) is 4.36. The molecule has 0 unspecified atom stereocenters. The Labute approximate surface area is 156 Å². The second-order valence-electron chi connectivity index (χ2n) is 8.21. The minimum atomic E-state index is 0.152. The predicted octanol–water partition coefficient (Wildman–Crippen LogP) is 4.01. The second kappa shape index (κ2) is 7.08. The van der Waals surface area contributed by atoms with Crippen LogP contribution in [0.2, 0.25) is 0 Å². The van der Waals surface area contributed by atoms with Gasteiger partial charge in [0.25, 0.3) is 0 Å². The second-order valence-corrected chi connectivity index (χ2v) is 8.21. The standard InChI is InChI=1S/C21H29N5/c1-15-8-7-9-17(10-15)18-12-20-23-16(2)11-19(26(20)24-18)22-13-21(3,4)14-25(5)6/h7-12,22H,13-14H2,1-6H3. The van der Waals surface area contributed by atoms with Crippen molar-refractivity contribution in [1.82, 2.24) is 19.5 Å². The molecule has 0 aliphatic heterocycles. The van der Waals surface area contributed by atoms with Crippen molar-refractivity contribution in [3.05, 3.63) is 47.7 Å². The van der Waals surface area contributed by atoms with E-state index in [4.69, 9.17) is 5.10 Å². The number of benzene rings is 1. The Morgan fingerprint density at radius 2 is 1.88 bits per heavy atom. The first kappa shape index (κ1) is 18.4. The monoisotopic (exact) mass is 351 g/mol. The maximum Gasteiger partial charge on any atom is 0.158 e. The van der Waals surface area contributed by atoms with Crippen LogP contribution in [0.3, 0.4) is 0 Å². The smallest absolute Gasteiger partial charge is 0.158 e. The summed E-state index contributed by atoms with van der Waals surface area (Å²) in [4.78, 5) is 6.87. The molecule has 0 atom stereocenters. The summed E-state index contributed by atoms with van der Waals surface area (Å²) < 4.78 is 1.91. The van der Waals surface area contributed by atoms with Gasteiger partial charge in [-0.2, -0.15) is 9.61 Å². The highest BCUT2D eigenvalue weighted by Crippen LogP contribution is 2.24. The topological polar surface area (TPSA) is 45.5 Å². The summed E-state index contributed by atoms with van der Waals surface area (Å²) in [6, 6.07) is 12.5. The van der Waals surface area contributed by atoms with E-state index in [0.717, 1.165) is 41.5 Å². The van der Waals surface area contributed by atoms with Crippen LogP contribution in [-0.2, 0) is 0 Å². The first-order valence-corrected chi connectivity index (χ1v) is 9.07. The minimum absolute atomic E-state index is 0.152. The maximum absolute atomic E-state index is 4.81. The van der Waals surface area contributed by atoms with Gasteiger partial charge in [-0.15, -0.1) is 0 Å². The van der Waals surface area contributed by atoms with Crippen molar-refractivity contribution < 1.29 is 0 Å². The van der Waals surface area contributed by atoms with Crippen molar-refractivity contribution in [2.45, 2.75) is 27.7 Å². The Bertz CT molecular complexity index is 908. The van der Waals surface area contributed by atoms with Crippen LogP contribution in [0.25, 0.3) is 16.9 Å². The SMILES string of the molecule is Cc1cccc(-c2cc3nc(C)cc(NCC(C)(C)CN(C)C)n3n2)c1. The number of nitrogens with one attached hydrogen (secondary N) is 1. The van der Waals surface area contributed by atoms with E-state index in [1.165, 1.54) is 5.56 Å². The molecule has 0 amide bonds. The number of nitrogens with zero attached hydrogens (tertiary/aromatic N) is 4. The molecule has 5 heteroatoms. The van der Waals surface area contributed by atoms with E-state index in [9.17, 15) is 0 Å². The van der Waals surface area contributed by atoms with Crippen LogP contribution in [0.5, 0.6) is 0 Å². The fraction of sp³-hybridized carbons (Fsp3) is 0.429. The van der Waals surface area contributed by atoms with Crippen LogP contribution in [0.4, 0.5) is 5.82 Å². The fourth-order valence-corrected chi connectivity index (χ4v) is 3.41. The fourth-order valence-electron chi connectivity index (χ4n) is 3.41. The van der Waals surface area contributed by atoms with Crippen LogP contribution >= 0.6 is 0 Å². The maximum atomic E-state index is 4.81. The van der Waals surface area contributed by atoms with Gasteiger partial charge in [-0.3, -0.25) is 0 Å². The quantitative estimate of drug-likeness (QED) is 0.729. The van der Waals surface area contributed by atoms with E-state index >= 15 is 0 Å². The average molecular weight is 351 g/mol. The Balaban J connectivity index is 1.93. The highest BCUT2D eigenvalue weighted by atomic mass is 15.3. The van der Waals surface area contributed by atoms with E-state index in [0.29, 0.717) is 0 Å². The van der Waals surface area contributed by atoms with Gasteiger partial charge in [0.2, 0.25) is 0 Å².